The second kappa shape index (κ2) is 7.36. The number of rotatable bonds is 7. The normalized spacial score (nSPS) is 12.4. The van der Waals surface area contributed by atoms with E-state index >= 15 is 0 Å². The molecule has 0 aromatic carbocycles. The van der Waals surface area contributed by atoms with Gasteiger partial charge >= 0.3 is 0 Å². The summed E-state index contributed by atoms with van der Waals surface area (Å²) < 4.78 is 11.9. The highest BCUT2D eigenvalue weighted by Crippen LogP contribution is 2.15. The van der Waals surface area contributed by atoms with Crippen LogP contribution in [0.1, 0.15) is 43.0 Å². The van der Waals surface area contributed by atoms with E-state index < -0.39 is 0 Å². The van der Waals surface area contributed by atoms with Crippen LogP contribution in [-0.4, -0.2) is 44.4 Å². The van der Waals surface area contributed by atoms with E-state index in [0.717, 1.165) is 11.4 Å². The molecule has 8 heteroatoms. The Hall–Kier alpha value is -2.22. The minimum absolute atomic E-state index is 0.0369. The number of aromatic nitrogens is 4. The maximum absolute atomic E-state index is 12.7. The number of aryl methyl sites for hydroxylation is 2. The number of methoxy groups -OCH3 is 1. The first-order valence-electron chi connectivity index (χ1n) is 7.58. The number of amides is 1. The molecule has 0 aliphatic heterocycles. The van der Waals surface area contributed by atoms with Gasteiger partial charge in [0.1, 0.15) is 19.2 Å². The number of hydrogen-bond acceptors (Lipinski definition) is 6. The van der Waals surface area contributed by atoms with E-state index in [1.807, 2.05) is 33.8 Å². The van der Waals surface area contributed by atoms with Gasteiger partial charge in [0, 0.05) is 19.3 Å². The molecule has 23 heavy (non-hydrogen) atoms. The van der Waals surface area contributed by atoms with Crippen LogP contribution in [0.5, 0.6) is 0 Å². The van der Waals surface area contributed by atoms with Crippen LogP contribution >= 0.6 is 0 Å². The summed E-state index contributed by atoms with van der Waals surface area (Å²) >= 11 is 0. The van der Waals surface area contributed by atoms with Gasteiger partial charge in [-0.15, -0.1) is 0 Å². The van der Waals surface area contributed by atoms with Gasteiger partial charge in [0.2, 0.25) is 11.8 Å². The topological polar surface area (TPSA) is 86.3 Å². The van der Waals surface area contributed by atoms with E-state index in [-0.39, 0.29) is 25.1 Å². The van der Waals surface area contributed by atoms with Gasteiger partial charge in [-0.25, -0.2) is 0 Å². The zero-order chi connectivity index (χ0) is 17.0. The van der Waals surface area contributed by atoms with Crippen molar-refractivity contribution in [3.8, 4) is 0 Å². The van der Waals surface area contributed by atoms with Crippen molar-refractivity contribution >= 4 is 5.91 Å². The fourth-order valence-electron chi connectivity index (χ4n) is 2.46. The van der Waals surface area contributed by atoms with Gasteiger partial charge < -0.3 is 14.2 Å². The summed E-state index contributed by atoms with van der Waals surface area (Å²) in [7, 11) is 1.56. The summed E-state index contributed by atoms with van der Waals surface area (Å²) in [5, 5.41) is 8.19. The Morgan fingerprint density at radius 1 is 1.48 bits per heavy atom. The van der Waals surface area contributed by atoms with E-state index in [1.165, 1.54) is 0 Å². The molecular formula is C15H23N5O3. The molecule has 0 radical (unpaired) electrons. The molecule has 0 saturated heterocycles. The Kier molecular flexibility index (Phi) is 5.49. The molecular weight excluding hydrogens is 298 g/mol. The van der Waals surface area contributed by atoms with Gasteiger partial charge in [-0.05, 0) is 33.8 Å². The molecule has 1 amide bonds. The summed E-state index contributed by atoms with van der Waals surface area (Å²) in [6.45, 7) is 8.71. The van der Waals surface area contributed by atoms with Crippen molar-refractivity contribution in [1.29, 1.82) is 0 Å². The minimum Gasteiger partial charge on any atom is -0.377 e. The smallest absolute Gasteiger partial charge is 0.247 e. The first-order chi connectivity index (χ1) is 11.0. The van der Waals surface area contributed by atoms with Crippen molar-refractivity contribution in [2.45, 2.75) is 46.9 Å². The average Bonchev–Trinajstić information content (AvgIpc) is 3.09. The van der Waals surface area contributed by atoms with Crippen LogP contribution in [-0.2, 0) is 22.7 Å². The Labute approximate surface area is 135 Å². The van der Waals surface area contributed by atoms with Crippen molar-refractivity contribution in [3.63, 3.8) is 0 Å². The molecule has 0 N–H and O–H groups in total. The molecule has 0 spiro atoms. The van der Waals surface area contributed by atoms with Crippen LogP contribution in [0.4, 0.5) is 0 Å². The molecule has 2 rings (SSSR count). The van der Waals surface area contributed by atoms with Crippen LogP contribution in [0.2, 0.25) is 0 Å². The molecule has 0 bridgehead atoms. The second-order valence-electron chi connectivity index (χ2n) is 5.44. The van der Waals surface area contributed by atoms with E-state index in [4.69, 9.17) is 9.26 Å². The summed E-state index contributed by atoms with van der Waals surface area (Å²) in [6.07, 6.45) is 0. The Bertz CT molecular complexity index is 664. The van der Waals surface area contributed by atoms with Crippen LogP contribution in [0.15, 0.2) is 10.6 Å². The van der Waals surface area contributed by atoms with Gasteiger partial charge in [0.15, 0.2) is 5.82 Å². The van der Waals surface area contributed by atoms with Crippen molar-refractivity contribution in [2.24, 2.45) is 0 Å². The van der Waals surface area contributed by atoms with E-state index in [1.54, 1.807) is 16.7 Å². The molecule has 0 aliphatic carbocycles. The molecule has 0 saturated carbocycles. The van der Waals surface area contributed by atoms with E-state index in [0.29, 0.717) is 18.3 Å². The fourth-order valence-corrected chi connectivity index (χ4v) is 2.46. The highest BCUT2D eigenvalue weighted by atomic mass is 16.5. The number of carbonyl (C=O) groups excluding carboxylic acids is 1. The van der Waals surface area contributed by atoms with Crippen LogP contribution in [0.3, 0.4) is 0 Å². The predicted molar refractivity (Wildman–Crippen MR) is 82.5 cm³/mol. The largest absolute Gasteiger partial charge is 0.377 e. The molecule has 1 atom stereocenters. The third kappa shape index (κ3) is 3.95. The summed E-state index contributed by atoms with van der Waals surface area (Å²) in [5.41, 5.74) is 1.85. The Balaban J connectivity index is 2.09. The number of likely N-dealkylation sites (N-methyl/N-ethyl adjacent to an activating group) is 1. The zero-order valence-electron chi connectivity index (χ0n) is 14.2. The maximum Gasteiger partial charge on any atom is 0.247 e. The number of nitrogens with zero attached hydrogens (tertiary/aromatic N) is 5. The molecule has 1 unspecified atom stereocenters. The van der Waals surface area contributed by atoms with Gasteiger partial charge in [0.05, 0.1) is 5.69 Å². The highest BCUT2D eigenvalue weighted by molar-refractivity contribution is 5.80. The Morgan fingerprint density at radius 2 is 2.22 bits per heavy atom. The predicted octanol–water partition coefficient (Wildman–Crippen LogP) is 1.64. The summed E-state index contributed by atoms with van der Waals surface area (Å²) in [6, 6.07) is 1.57. The lowest BCUT2D eigenvalue weighted by molar-refractivity contribution is -0.135. The van der Waals surface area contributed by atoms with Gasteiger partial charge in [-0.3, -0.25) is 9.48 Å². The number of carbonyl (C=O) groups is 1. The lowest BCUT2D eigenvalue weighted by Crippen LogP contribution is -2.36. The first kappa shape index (κ1) is 17.1. The molecule has 8 nitrogen and oxygen atoms in total. The lowest BCUT2D eigenvalue weighted by atomic mass is 10.2. The van der Waals surface area contributed by atoms with Crippen molar-refractivity contribution in [3.05, 3.63) is 29.2 Å². The van der Waals surface area contributed by atoms with Crippen LogP contribution in [0.25, 0.3) is 0 Å². The summed E-state index contributed by atoms with van der Waals surface area (Å²) in [5.74, 6) is 0.829. The molecule has 2 aromatic heterocycles. The average molecular weight is 321 g/mol. The molecule has 126 valence electrons. The molecule has 0 aliphatic rings. The fraction of sp³-hybridized carbons (Fsp3) is 0.600. The number of ether oxygens (including phenoxy) is 1. The molecule has 2 heterocycles. The van der Waals surface area contributed by atoms with Crippen molar-refractivity contribution in [1.82, 2.24) is 24.8 Å². The van der Waals surface area contributed by atoms with E-state index in [9.17, 15) is 4.79 Å². The third-order valence-electron chi connectivity index (χ3n) is 3.57. The lowest BCUT2D eigenvalue weighted by Gasteiger charge is -2.23. The monoisotopic (exact) mass is 321 g/mol. The van der Waals surface area contributed by atoms with E-state index in [2.05, 4.69) is 15.2 Å². The standard InChI is InChI=1S/C15H23N5O3/c1-6-19(8-14-16-13(9-22-5)18-23-14)15(21)12(4)20-11(3)7-10(2)17-20/h7,12H,6,8-9H2,1-5H3. The minimum atomic E-state index is -0.384. The van der Waals surface area contributed by atoms with Gasteiger partial charge in [0.25, 0.3) is 0 Å². The molecule has 2 aromatic rings. The van der Waals surface area contributed by atoms with Crippen molar-refractivity contribution in [2.75, 3.05) is 13.7 Å². The van der Waals surface area contributed by atoms with Crippen LogP contribution in [0, 0.1) is 13.8 Å². The quantitative estimate of drug-likeness (QED) is 0.770. The van der Waals surface area contributed by atoms with Crippen LogP contribution < -0.4 is 0 Å². The maximum atomic E-state index is 12.7. The highest BCUT2D eigenvalue weighted by Gasteiger charge is 2.24. The first-order valence-corrected chi connectivity index (χ1v) is 7.58. The van der Waals surface area contributed by atoms with Crippen molar-refractivity contribution < 1.29 is 14.1 Å². The number of hydrogen-bond donors (Lipinski definition) is 0. The Morgan fingerprint density at radius 3 is 2.78 bits per heavy atom. The molecule has 0 fully saturated rings. The third-order valence-corrected chi connectivity index (χ3v) is 3.57. The van der Waals surface area contributed by atoms with Gasteiger partial charge in [-0.1, -0.05) is 5.16 Å². The summed E-state index contributed by atoms with van der Waals surface area (Å²) in [4.78, 5) is 18.6. The second-order valence-corrected chi connectivity index (χ2v) is 5.44. The SMILES string of the molecule is CCN(Cc1nc(COC)no1)C(=O)C(C)n1nc(C)cc1C. The zero-order valence-corrected chi connectivity index (χ0v) is 14.2. The van der Waals surface area contributed by atoms with Gasteiger partial charge in [-0.2, -0.15) is 10.1 Å².